The SMILES string of the molecule is COCCNS(=O)(=O)NC1CCCC1(C)C(=O)O. The molecule has 0 radical (unpaired) electrons. The number of hydrogen-bond acceptors (Lipinski definition) is 4. The number of aliphatic carboxylic acids is 1. The minimum Gasteiger partial charge on any atom is -0.481 e. The third-order valence-corrected chi connectivity index (χ3v) is 4.52. The van der Waals surface area contributed by atoms with Crippen LogP contribution in [-0.4, -0.2) is 45.8 Å². The molecule has 2 atom stereocenters. The van der Waals surface area contributed by atoms with E-state index in [-0.39, 0.29) is 13.2 Å². The lowest BCUT2D eigenvalue weighted by molar-refractivity contribution is -0.148. The summed E-state index contributed by atoms with van der Waals surface area (Å²) in [6.45, 7) is 1.99. The molecule has 0 aromatic heterocycles. The molecule has 8 heteroatoms. The molecule has 0 aliphatic heterocycles. The van der Waals surface area contributed by atoms with Crippen molar-refractivity contribution >= 4 is 16.2 Å². The highest BCUT2D eigenvalue weighted by Crippen LogP contribution is 2.38. The van der Waals surface area contributed by atoms with Gasteiger partial charge in [0.15, 0.2) is 0 Å². The molecule has 0 amide bonds. The number of ether oxygens (including phenoxy) is 1. The van der Waals surface area contributed by atoms with E-state index in [1.165, 1.54) is 7.11 Å². The lowest BCUT2D eigenvalue weighted by Crippen LogP contribution is -2.50. The highest BCUT2D eigenvalue weighted by atomic mass is 32.2. The molecule has 1 rings (SSSR count). The van der Waals surface area contributed by atoms with Crippen LogP contribution in [0.4, 0.5) is 0 Å². The van der Waals surface area contributed by atoms with Crippen LogP contribution in [0.2, 0.25) is 0 Å². The number of nitrogens with one attached hydrogen (secondary N) is 2. The normalized spacial score (nSPS) is 28.4. The molecule has 7 nitrogen and oxygen atoms in total. The summed E-state index contributed by atoms with van der Waals surface area (Å²) in [5, 5.41) is 9.18. The van der Waals surface area contributed by atoms with Crippen LogP contribution in [0.25, 0.3) is 0 Å². The van der Waals surface area contributed by atoms with Crippen molar-refractivity contribution in [3.8, 4) is 0 Å². The van der Waals surface area contributed by atoms with Crippen LogP contribution in [0.5, 0.6) is 0 Å². The monoisotopic (exact) mass is 280 g/mol. The van der Waals surface area contributed by atoms with Gasteiger partial charge in [-0.2, -0.15) is 17.9 Å². The van der Waals surface area contributed by atoms with Gasteiger partial charge in [-0.15, -0.1) is 0 Å². The van der Waals surface area contributed by atoms with E-state index in [1.54, 1.807) is 6.92 Å². The van der Waals surface area contributed by atoms with Crippen LogP contribution in [0, 0.1) is 5.41 Å². The molecule has 0 heterocycles. The standard InChI is InChI=1S/C10H20N2O5S/c1-10(9(13)14)5-3-4-8(10)12-18(15,16)11-6-7-17-2/h8,11-12H,3-7H2,1-2H3,(H,13,14). The molecule has 1 aliphatic carbocycles. The van der Waals surface area contributed by atoms with Gasteiger partial charge in [0.1, 0.15) is 0 Å². The Kier molecular flexibility index (Phi) is 5.09. The predicted molar refractivity (Wildman–Crippen MR) is 65.3 cm³/mol. The van der Waals surface area contributed by atoms with Crippen molar-refractivity contribution in [3.05, 3.63) is 0 Å². The third kappa shape index (κ3) is 3.64. The molecule has 0 bridgehead atoms. The van der Waals surface area contributed by atoms with Gasteiger partial charge in [-0.3, -0.25) is 4.79 Å². The average molecular weight is 280 g/mol. The van der Waals surface area contributed by atoms with Crippen molar-refractivity contribution in [2.45, 2.75) is 32.2 Å². The summed E-state index contributed by atoms with van der Waals surface area (Å²) in [6, 6.07) is -0.574. The van der Waals surface area contributed by atoms with E-state index in [1.807, 2.05) is 0 Å². The first-order chi connectivity index (χ1) is 8.32. The molecule has 0 aromatic rings. The Hall–Kier alpha value is -0.700. The van der Waals surface area contributed by atoms with Crippen LogP contribution < -0.4 is 9.44 Å². The first-order valence-corrected chi connectivity index (χ1v) is 7.29. The maximum Gasteiger partial charge on any atom is 0.310 e. The van der Waals surface area contributed by atoms with Crippen LogP contribution in [0.15, 0.2) is 0 Å². The molecule has 2 unspecified atom stereocenters. The molecule has 0 spiro atoms. The molecule has 1 fully saturated rings. The lowest BCUT2D eigenvalue weighted by atomic mass is 9.85. The second-order valence-electron chi connectivity index (χ2n) is 4.68. The molecule has 1 saturated carbocycles. The van der Waals surface area contributed by atoms with Gasteiger partial charge in [0, 0.05) is 19.7 Å². The maximum absolute atomic E-state index is 11.7. The summed E-state index contributed by atoms with van der Waals surface area (Å²) in [5.74, 6) is -0.968. The van der Waals surface area contributed by atoms with Crippen LogP contribution in [0.1, 0.15) is 26.2 Å². The van der Waals surface area contributed by atoms with Crippen LogP contribution in [0.3, 0.4) is 0 Å². The number of carboxylic acids is 1. The Balaban J connectivity index is 2.63. The van der Waals surface area contributed by atoms with Crippen molar-refractivity contribution in [2.75, 3.05) is 20.3 Å². The number of carbonyl (C=O) groups is 1. The predicted octanol–water partition coefficient (Wildman–Crippen LogP) is -0.300. The summed E-state index contributed by atoms with van der Waals surface area (Å²) in [4.78, 5) is 11.2. The Morgan fingerprint density at radius 2 is 2.22 bits per heavy atom. The van der Waals surface area contributed by atoms with Crippen molar-refractivity contribution in [2.24, 2.45) is 5.41 Å². The van der Waals surface area contributed by atoms with E-state index in [2.05, 4.69) is 9.44 Å². The smallest absolute Gasteiger partial charge is 0.310 e. The highest BCUT2D eigenvalue weighted by Gasteiger charge is 2.46. The number of carboxylic acid groups (broad SMARTS) is 1. The molecular weight excluding hydrogens is 260 g/mol. The van der Waals surface area contributed by atoms with Crippen LogP contribution >= 0.6 is 0 Å². The first kappa shape index (κ1) is 15.4. The van der Waals surface area contributed by atoms with Crippen molar-refractivity contribution < 1.29 is 23.1 Å². The summed E-state index contributed by atoms with van der Waals surface area (Å²) < 4.78 is 32.9. The quantitative estimate of drug-likeness (QED) is 0.555. The number of hydrogen-bond donors (Lipinski definition) is 3. The summed E-state index contributed by atoms with van der Waals surface area (Å²) in [5.41, 5.74) is -1.03. The highest BCUT2D eigenvalue weighted by molar-refractivity contribution is 7.87. The zero-order valence-corrected chi connectivity index (χ0v) is 11.4. The first-order valence-electron chi connectivity index (χ1n) is 5.81. The van der Waals surface area contributed by atoms with Gasteiger partial charge >= 0.3 is 5.97 Å². The average Bonchev–Trinajstić information content (AvgIpc) is 2.61. The van der Waals surface area contributed by atoms with Gasteiger partial charge in [-0.05, 0) is 19.8 Å². The summed E-state index contributed by atoms with van der Waals surface area (Å²) in [6.07, 6.45) is 1.72. The van der Waals surface area contributed by atoms with Gasteiger partial charge < -0.3 is 9.84 Å². The van der Waals surface area contributed by atoms with E-state index in [0.717, 1.165) is 0 Å². The fourth-order valence-electron chi connectivity index (χ4n) is 2.12. The topological polar surface area (TPSA) is 105 Å². The Morgan fingerprint density at radius 1 is 1.56 bits per heavy atom. The minimum atomic E-state index is -3.69. The molecular formula is C10H20N2O5S. The number of rotatable bonds is 7. The van der Waals surface area contributed by atoms with E-state index < -0.39 is 27.6 Å². The molecule has 3 N–H and O–H groups in total. The van der Waals surface area contributed by atoms with Crippen molar-refractivity contribution in [1.82, 2.24) is 9.44 Å². The second-order valence-corrected chi connectivity index (χ2v) is 6.21. The Bertz CT molecular complexity index is 397. The van der Waals surface area contributed by atoms with Gasteiger partial charge in [0.2, 0.25) is 0 Å². The largest absolute Gasteiger partial charge is 0.481 e. The summed E-state index contributed by atoms with van der Waals surface area (Å²) in [7, 11) is -2.21. The molecule has 0 saturated heterocycles. The zero-order valence-electron chi connectivity index (χ0n) is 10.6. The Labute approximate surface area is 107 Å². The van der Waals surface area contributed by atoms with Crippen LogP contribution in [-0.2, 0) is 19.7 Å². The van der Waals surface area contributed by atoms with Gasteiger partial charge in [0.25, 0.3) is 10.2 Å². The summed E-state index contributed by atoms with van der Waals surface area (Å²) >= 11 is 0. The molecule has 106 valence electrons. The van der Waals surface area contributed by atoms with E-state index in [4.69, 9.17) is 4.74 Å². The fourth-order valence-corrected chi connectivity index (χ4v) is 3.31. The zero-order chi connectivity index (χ0) is 13.8. The van der Waals surface area contributed by atoms with Gasteiger partial charge in [-0.1, -0.05) is 6.42 Å². The number of methoxy groups -OCH3 is 1. The Morgan fingerprint density at radius 3 is 2.78 bits per heavy atom. The van der Waals surface area contributed by atoms with E-state index >= 15 is 0 Å². The minimum absolute atomic E-state index is 0.155. The van der Waals surface area contributed by atoms with Crippen molar-refractivity contribution in [3.63, 3.8) is 0 Å². The van der Waals surface area contributed by atoms with E-state index in [9.17, 15) is 18.3 Å². The van der Waals surface area contributed by atoms with Gasteiger partial charge in [-0.25, -0.2) is 0 Å². The van der Waals surface area contributed by atoms with Gasteiger partial charge in [0.05, 0.1) is 12.0 Å². The third-order valence-electron chi connectivity index (χ3n) is 3.34. The van der Waals surface area contributed by atoms with E-state index in [0.29, 0.717) is 19.3 Å². The lowest BCUT2D eigenvalue weighted by Gasteiger charge is -2.27. The fraction of sp³-hybridized carbons (Fsp3) is 0.900. The molecule has 1 aliphatic rings. The molecule has 0 aromatic carbocycles. The maximum atomic E-state index is 11.7. The second kappa shape index (κ2) is 5.96. The molecule has 18 heavy (non-hydrogen) atoms. The van der Waals surface area contributed by atoms with Crippen molar-refractivity contribution in [1.29, 1.82) is 0 Å².